The zero-order chi connectivity index (χ0) is 13.1. The Morgan fingerprint density at radius 3 is 2.67 bits per heavy atom. The Morgan fingerprint density at radius 1 is 1.33 bits per heavy atom. The molecule has 1 N–H and O–H groups in total. The predicted molar refractivity (Wildman–Crippen MR) is 71.4 cm³/mol. The molecule has 0 fully saturated rings. The average Bonchev–Trinajstić information content (AvgIpc) is 2.92. The van der Waals surface area contributed by atoms with E-state index in [9.17, 15) is 0 Å². The molecule has 0 aliphatic heterocycles. The Morgan fingerprint density at radius 2 is 2.11 bits per heavy atom. The van der Waals surface area contributed by atoms with Gasteiger partial charge in [-0.05, 0) is 32.5 Å². The molecule has 1 atom stereocenters. The lowest BCUT2D eigenvalue weighted by atomic mass is 10.1. The normalized spacial score (nSPS) is 12.9. The van der Waals surface area contributed by atoms with E-state index >= 15 is 0 Å². The Labute approximate surface area is 108 Å². The molecule has 98 valence electrons. The highest BCUT2D eigenvalue weighted by Crippen LogP contribution is 2.21. The molecule has 0 saturated carbocycles. The quantitative estimate of drug-likeness (QED) is 0.874. The van der Waals surface area contributed by atoms with E-state index in [0.717, 1.165) is 24.5 Å². The largest absolute Gasteiger partial charge is 0.304 e. The van der Waals surface area contributed by atoms with Gasteiger partial charge in [-0.3, -0.25) is 9.36 Å². The highest BCUT2D eigenvalue weighted by Gasteiger charge is 2.20. The van der Waals surface area contributed by atoms with Crippen LogP contribution >= 0.6 is 0 Å². The first-order valence-electron chi connectivity index (χ1n) is 6.43. The van der Waals surface area contributed by atoms with Crippen molar-refractivity contribution in [2.45, 2.75) is 33.4 Å². The second-order valence-corrected chi connectivity index (χ2v) is 4.43. The molecule has 1 unspecified atom stereocenters. The van der Waals surface area contributed by atoms with Gasteiger partial charge in [0.25, 0.3) is 0 Å². The summed E-state index contributed by atoms with van der Waals surface area (Å²) in [6, 6.07) is 4.29. The molecule has 2 rings (SSSR count). The first-order chi connectivity index (χ1) is 8.65. The van der Waals surface area contributed by atoms with Crippen LogP contribution < -0.4 is 5.32 Å². The SMILES string of the molecule is CCNC(c1ccn(C)n1)c1cc(C)nn1CC. The van der Waals surface area contributed by atoms with Gasteiger partial charge >= 0.3 is 0 Å². The molecule has 2 aromatic rings. The van der Waals surface area contributed by atoms with Gasteiger partial charge in [-0.15, -0.1) is 0 Å². The molecule has 0 saturated heterocycles. The fourth-order valence-electron chi connectivity index (χ4n) is 2.20. The van der Waals surface area contributed by atoms with Crippen LogP contribution in [-0.4, -0.2) is 26.1 Å². The third-order valence-electron chi connectivity index (χ3n) is 2.97. The molecule has 5 heteroatoms. The molecule has 0 aliphatic rings. The lowest BCUT2D eigenvalue weighted by Crippen LogP contribution is -2.25. The van der Waals surface area contributed by atoms with Gasteiger partial charge in [-0.2, -0.15) is 10.2 Å². The van der Waals surface area contributed by atoms with Crippen molar-refractivity contribution < 1.29 is 0 Å². The monoisotopic (exact) mass is 247 g/mol. The van der Waals surface area contributed by atoms with E-state index in [1.165, 1.54) is 5.69 Å². The van der Waals surface area contributed by atoms with Gasteiger partial charge < -0.3 is 5.32 Å². The van der Waals surface area contributed by atoms with Gasteiger partial charge in [0, 0.05) is 19.8 Å². The van der Waals surface area contributed by atoms with Crippen LogP contribution in [0, 0.1) is 6.92 Å². The van der Waals surface area contributed by atoms with Crippen molar-refractivity contribution in [3.63, 3.8) is 0 Å². The third-order valence-corrected chi connectivity index (χ3v) is 2.97. The van der Waals surface area contributed by atoms with Crippen molar-refractivity contribution in [1.82, 2.24) is 24.9 Å². The molecule has 0 bridgehead atoms. The minimum Gasteiger partial charge on any atom is -0.304 e. The highest BCUT2D eigenvalue weighted by molar-refractivity contribution is 5.23. The summed E-state index contributed by atoms with van der Waals surface area (Å²) in [5.41, 5.74) is 3.26. The number of aryl methyl sites for hydroxylation is 3. The van der Waals surface area contributed by atoms with Gasteiger partial charge in [0.2, 0.25) is 0 Å². The minimum absolute atomic E-state index is 0.109. The fourth-order valence-corrected chi connectivity index (χ4v) is 2.20. The van der Waals surface area contributed by atoms with E-state index < -0.39 is 0 Å². The average molecular weight is 247 g/mol. The van der Waals surface area contributed by atoms with Crippen molar-refractivity contribution >= 4 is 0 Å². The van der Waals surface area contributed by atoms with Crippen LogP contribution in [0.15, 0.2) is 18.3 Å². The summed E-state index contributed by atoms with van der Waals surface area (Å²) >= 11 is 0. The fraction of sp³-hybridized carbons (Fsp3) is 0.538. The Hall–Kier alpha value is -1.62. The zero-order valence-electron chi connectivity index (χ0n) is 11.5. The van der Waals surface area contributed by atoms with Crippen LogP contribution in [0.2, 0.25) is 0 Å². The van der Waals surface area contributed by atoms with Gasteiger partial charge in [0.1, 0.15) is 0 Å². The Kier molecular flexibility index (Phi) is 3.81. The first kappa shape index (κ1) is 12.8. The van der Waals surface area contributed by atoms with Crippen molar-refractivity contribution in [2.75, 3.05) is 6.54 Å². The van der Waals surface area contributed by atoms with Crippen molar-refractivity contribution in [3.05, 3.63) is 35.4 Å². The van der Waals surface area contributed by atoms with Gasteiger partial charge in [-0.25, -0.2) is 0 Å². The number of aromatic nitrogens is 4. The van der Waals surface area contributed by atoms with Crippen LogP contribution in [0.5, 0.6) is 0 Å². The van der Waals surface area contributed by atoms with Crippen molar-refractivity contribution in [3.8, 4) is 0 Å². The minimum atomic E-state index is 0.109. The van der Waals surface area contributed by atoms with Gasteiger partial charge in [0.15, 0.2) is 0 Å². The molecule has 2 heterocycles. The maximum atomic E-state index is 4.51. The smallest absolute Gasteiger partial charge is 0.0940 e. The van der Waals surface area contributed by atoms with Crippen LogP contribution in [-0.2, 0) is 13.6 Å². The van der Waals surface area contributed by atoms with E-state index in [-0.39, 0.29) is 6.04 Å². The summed E-state index contributed by atoms with van der Waals surface area (Å²) in [6.45, 7) is 8.01. The second kappa shape index (κ2) is 5.35. The topological polar surface area (TPSA) is 47.7 Å². The standard InChI is InChI=1S/C13H21N5/c1-5-14-13(11-7-8-17(4)16-11)12-9-10(3)15-18(12)6-2/h7-9,13-14H,5-6H2,1-4H3. The molecule has 18 heavy (non-hydrogen) atoms. The second-order valence-electron chi connectivity index (χ2n) is 4.43. The first-order valence-corrected chi connectivity index (χ1v) is 6.43. The highest BCUT2D eigenvalue weighted by atomic mass is 15.3. The lowest BCUT2D eigenvalue weighted by molar-refractivity contribution is 0.528. The number of nitrogens with zero attached hydrogens (tertiary/aromatic N) is 4. The summed E-state index contributed by atoms with van der Waals surface area (Å²) in [6.07, 6.45) is 1.97. The summed E-state index contributed by atoms with van der Waals surface area (Å²) in [5, 5.41) is 12.5. The summed E-state index contributed by atoms with van der Waals surface area (Å²) in [7, 11) is 1.94. The zero-order valence-corrected chi connectivity index (χ0v) is 11.5. The number of nitrogens with one attached hydrogen (secondary N) is 1. The maximum Gasteiger partial charge on any atom is 0.0940 e. The summed E-state index contributed by atoms with van der Waals surface area (Å²) in [5.74, 6) is 0. The van der Waals surface area contributed by atoms with Crippen LogP contribution in [0.3, 0.4) is 0 Å². The molecule has 0 aliphatic carbocycles. The molecule has 2 aromatic heterocycles. The van der Waals surface area contributed by atoms with Crippen LogP contribution in [0.25, 0.3) is 0 Å². The number of rotatable bonds is 5. The Bertz CT molecular complexity index is 511. The number of hydrogen-bond acceptors (Lipinski definition) is 3. The van der Waals surface area contributed by atoms with E-state index in [2.05, 4.69) is 41.5 Å². The molecule has 5 nitrogen and oxygen atoms in total. The summed E-state index contributed by atoms with van der Waals surface area (Å²) < 4.78 is 3.87. The van der Waals surface area contributed by atoms with E-state index in [1.54, 1.807) is 0 Å². The third kappa shape index (κ3) is 2.46. The molecule has 0 amide bonds. The molecular formula is C13H21N5. The summed E-state index contributed by atoms with van der Waals surface area (Å²) in [4.78, 5) is 0. The van der Waals surface area contributed by atoms with Gasteiger partial charge in [0.05, 0.1) is 23.1 Å². The molecular weight excluding hydrogens is 226 g/mol. The van der Waals surface area contributed by atoms with E-state index in [4.69, 9.17) is 0 Å². The van der Waals surface area contributed by atoms with Crippen LogP contribution in [0.1, 0.15) is 37.0 Å². The molecule has 0 spiro atoms. The van der Waals surface area contributed by atoms with Crippen LogP contribution in [0.4, 0.5) is 0 Å². The van der Waals surface area contributed by atoms with Crippen molar-refractivity contribution in [2.24, 2.45) is 7.05 Å². The predicted octanol–water partition coefficient (Wildman–Crippen LogP) is 1.64. The lowest BCUT2D eigenvalue weighted by Gasteiger charge is -2.16. The van der Waals surface area contributed by atoms with Gasteiger partial charge in [-0.1, -0.05) is 6.92 Å². The maximum absolute atomic E-state index is 4.51. The Balaban J connectivity index is 2.40. The van der Waals surface area contributed by atoms with E-state index in [1.807, 2.05) is 29.5 Å². The molecule has 0 radical (unpaired) electrons. The van der Waals surface area contributed by atoms with Crippen molar-refractivity contribution in [1.29, 1.82) is 0 Å². The molecule has 0 aromatic carbocycles. The van der Waals surface area contributed by atoms with E-state index in [0.29, 0.717) is 0 Å². The number of hydrogen-bond donors (Lipinski definition) is 1.